The van der Waals surface area contributed by atoms with Crippen molar-refractivity contribution in [1.82, 2.24) is 4.90 Å². The van der Waals surface area contributed by atoms with E-state index in [1.165, 1.54) is 24.5 Å². The number of hydrogen-bond donors (Lipinski definition) is 1. The van der Waals surface area contributed by atoms with E-state index in [0.717, 1.165) is 23.6 Å². The highest BCUT2D eigenvalue weighted by atomic mass is 32.1. The summed E-state index contributed by atoms with van der Waals surface area (Å²) in [5.74, 6) is 0.261. The van der Waals surface area contributed by atoms with Crippen molar-refractivity contribution in [1.29, 1.82) is 0 Å². The second kappa shape index (κ2) is 10.9. The number of guanidine groups is 1. The van der Waals surface area contributed by atoms with Gasteiger partial charge in [-0.3, -0.25) is 9.69 Å². The zero-order valence-electron chi connectivity index (χ0n) is 22.2. The number of rotatable bonds is 6. The van der Waals surface area contributed by atoms with Crippen LogP contribution in [0.25, 0.3) is 0 Å². The average Bonchev–Trinajstić information content (AvgIpc) is 3.40. The van der Waals surface area contributed by atoms with Gasteiger partial charge in [0.1, 0.15) is 11.5 Å². The molecule has 8 nitrogen and oxygen atoms in total. The van der Waals surface area contributed by atoms with Crippen LogP contribution in [0.15, 0.2) is 58.9 Å². The maximum absolute atomic E-state index is 13.8. The number of alkyl halides is 3. The molecule has 40 heavy (non-hydrogen) atoms. The number of anilines is 2. The van der Waals surface area contributed by atoms with Crippen LogP contribution >= 0.6 is 11.3 Å². The van der Waals surface area contributed by atoms with Crippen LogP contribution in [0.4, 0.5) is 30.2 Å². The quantitative estimate of drug-likeness (QED) is 0.386. The van der Waals surface area contributed by atoms with Gasteiger partial charge in [0.2, 0.25) is 5.96 Å². The van der Waals surface area contributed by atoms with E-state index in [1.807, 2.05) is 40.6 Å². The minimum atomic E-state index is -4.60. The zero-order valence-corrected chi connectivity index (χ0v) is 23.0. The molecule has 0 amide bonds. The summed E-state index contributed by atoms with van der Waals surface area (Å²) in [6, 6.07) is 12.1. The first-order valence-electron chi connectivity index (χ1n) is 12.7. The summed E-state index contributed by atoms with van der Waals surface area (Å²) in [5.41, 5.74) is 0.878. The standard InChI is InChI=1S/C28H29F3N4O4S/c1-17-16-33(10-11-34(17)19-5-4-6-20(14-19)38-2)27-32-21-9-12-40-26(21)23(15-25(36)37)35(27)22-13-18(28(29,30)31)7-8-24(22)39-3/h4-9,12-14,17,23H,10-11,15-16H2,1-3H3,(H,36,37)/t17-,23?/m1/s1. The normalized spacial score (nSPS) is 19.2. The number of benzene rings is 2. The summed E-state index contributed by atoms with van der Waals surface area (Å²) in [5, 5.41) is 11.7. The summed E-state index contributed by atoms with van der Waals surface area (Å²) in [4.78, 5) is 23.5. The Morgan fingerprint density at radius 3 is 2.60 bits per heavy atom. The summed E-state index contributed by atoms with van der Waals surface area (Å²) in [6.07, 6.45) is -4.92. The van der Waals surface area contributed by atoms with Crippen molar-refractivity contribution in [2.24, 2.45) is 4.99 Å². The lowest BCUT2D eigenvalue weighted by Gasteiger charge is -2.47. The molecule has 3 heterocycles. The van der Waals surface area contributed by atoms with Crippen LogP contribution in [0, 0.1) is 0 Å². The molecule has 1 saturated heterocycles. The number of thiophene rings is 1. The lowest BCUT2D eigenvalue weighted by molar-refractivity contribution is -0.138. The van der Waals surface area contributed by atoms with Gasteiger partial charge >= 0.3 is 12.1 Å². The second-order valence-corrected chi connectivity index (χ2v) is 10.6. The minimum absolute atomic E-state index is 0.00982. The Kier molecular flexibility index (Phi) is 7.54. The highest BCUT2D eigenvalue weighted by Gasteiger charge is 2.41. The van der Waals surface area contributed by atoms with E-state index >= 15 is 0 Å². The lowest BCUT2D eigenvalue weighted by Crippen LogP contribution is -2.58. The number of fused-ring (bicyclic) bond motifs is 1. The molecule has 2 aliphatic heterocycles. The van der Waals surface area contributed by atoms with E-state index in [9.17, 15) is 23.1 Å². The fraction of sp³-hybridized carbons (Fsp3) is 0.357. The van der Waals surface area contributed by atoms with Crippen LogP contribution in [-0.2, 0) is 11.0 Å². The molecule has 3 aromatic rings. The maximum atomic E-state index is 13.8. The van der Waals surface area contributed by atoms with Crippen molar-refractivity contribution >= 4 is 40.3 Å². The molecule has 212 valence electrons. The van der Waals surface area contributed by atoms with Gasteiger partial charge in [-0.05, 0) is 48.7 Å². The Hall–Kier alpha value is -3.93. The summed E-state index contributed by atoms with van der Waals surface area (Å²) >= 11 is 1.33. The van der Waals surface area contributed by atoms with E-state index in [1.54, 1.807) is 12.0 Å². The van der Waals surface area contributed by atoms with Gasteiger partial charge in [-0.25, -0.2) is 4.99 Å². The van der Waals surface area contributed by atoms with Gasteiger partial charge in [0.15, 0.2) is 0 Å². The van der Waals surface area contributed by atoms with Crippen LogP contribution in [-0.4, -0.2) is 61.8 Å². The smallest absolute Gasteiger partial charge is 0.416 e. The Balaban J connectivity index is 1.58. The molecule has 0 saturated carbocycles. The summed E-state index contributed by atoms with van der Waals surface area (Å²) < 4.78 is 52.3. The minimum Gasteiger partial charge on any atom is -0.497 e. The molecule has 12 heteroatoms. The molecule has 1 aromatic heterocycles. The predicted octanol–water partition coefficient (Wildman–Crippen LogP) is 6.02. The van der Waals surface area contributed by atoms with Gasteiger partial charge < -0.3 is 24.4 Å². The fourth-order valence-corrected chi connectivity index (χ4v) is 6.21. The molecule has 1 fully saturated rings. The van der Waals surface area contributed by atoms with E-state index in [4.69, 9.17) is 14.5 Å². The van der Waals surface area contributed by atoms with Gasteiger partial charge in [-0.15, -0.1) is 11.3 Å². The van der Waals surface area contributed by atoms with Crippen molar-refractivity contribution in [3.05, 3.63) is 64.4 Å². The maximum Gasteiger partial charge on any atom is 0.416 e. The van der Waals surface area contributed by atoms with E-state index in [-0.39, 0.29) is 23.9 Å². The number of ether oxygens (including phenoxy) is 2. The number of hydrogen-bond acceptors (Lipinski definition) is 8. The first-order chi connectivity index (χ1) is 19.1. The molecule has 2 aromatic carbocycles. The number of carboxylic acid groups (broad SMARTS) is 1. The molecule has 1 N–H and O–H groups in total. The molecule has 0 aliphatic carbocycles. The third kappa shape index (κ3) is 5.27. The van der Waals surface area contributed by atoms with Crippen molar-refractivity contribution in [3.8, 4) is 11.5 Å². The third-order valence-electron chi connectivity index (χ3n) is 7.15. The lowest BCUT2D eigenvalue weighted by atomic mass is 10.0. The zero-order chi connectivity index (χ0) is 28.6. The van der Waals surface area contributed by atoms with Crippen molar-refractivity contribution in [3.63, 3.8) is 0 Å². The molecular weight excluding hydrogens is 545 g/mol. The van der Waals surface area contributed by atoms with Gasteiger partial charge in [-0.2, -0.15) is 13.2 Å². The molecule has 0 spiro atoms. The van der Waals surface area contributed by atoms with E-state index in [2.05, 4.69) is 11.8 Å². The number of aliphatic imine (C=N–C) groups is 1. The molecule has 0 bridgehead atoms. The predicted molar refractivity (Wildman–Crippen MR) is 148 cm³/mol. The Labute approximate surface area is 233 Å². The van der Waals surface area contributed by atoms with Crippen LogP contribution < -0.4 is 19.3 Å². The molecular formula is C28H29F3N4O4S. The molecule has 0 radical (unpaired) electrons. The number of aliphatic carboxylic acids is 1. The number of piperazine rings is 1. The topological polar surface area (TPSA) is 77.8 Å². The van der Waals surface area contributed by atoms with E-state index < -0.39 is 23.8 Å². The van der Waals surface area contributed by atoms with Crippen molar-refractivity contribution in [2.75, 3.05) is 43.7 Å². The van der Waals surface area contributed by atoms with Gasteiger partial charge in [-0.1, -0.05) is 6.07 Å². The van der Waals surface area contributed by atoms with Crippen molar-refractivity contribution < 1.29 is 32.5 Å². The summed E-state index contributed by atoms with van der Waals surface area (Å²) in [7, 11) is 3.00. The van der Waals surface area contributed by atoms with Gasteiger partial charge in [0, 0.05) is 37.4 Å². The van der Waals surface area contributed by atoms with Crippen LogP contribution in [0.5, 0.6) is 11.5 Å². The fourth-order valence-electron chi connectivity index (χ4n) is 5.29. The second-order valence-electron chi connectivity index (χ2n) is 9.64. The van der Waals surface area contributed by atoms with Crippen LogP contribution in [0.3, 0.4) is 0 Å². The number of methoxy groups -OCH3 is 2. The van der Waals surface area contributed by atoms with E-state index in [0.29, 0.717) is 36.2 Å². The summed E-state index contributed by atoms with van der Waals surface area (Å²) in [6.45, 7) is 3.69. The van der Waals surface area contributed by atoms with Crippen LogP contribution in [0.1, 0.15) is 29.8 Å². The Morgan fingerprint density at radius 1 is 1.12 bits per heavy atom. The highest BCUT2D eigenvalue weighted by molar-refractivity contribution is 7.10. The SMILES string of the molecule is COc1cccc(N2CCN(C3=Nc4ccsc4C(CC(=O)O)N3c3cc(C(F)(F)F)ccc3OC)C[C@H]2C)c1. The van der Waals surface area contributed by atoms with Crippen molar-refractivity contribution in [2.45, 2.75) is 31.6 Å². The highest BCUT2D eigenvalue weighted by Crippen LogP contribution is 2.47. The number of carboxylic acids is 1. The van der Waals surface area contributed by atoms with Gasteiger partial charge in [0.25, 0.3) is 0 Å². The molecule has 2 aliphatic rings. The number of halogens is 3. The molecule has 5 rings (SSSR count). The number of nitrogens with zero attached hydrogens (tertiary/aromatic N) is 4. The monoisotopic (exact) mass is 574 g/mol. The number of carbonyl (C=O) groups is 1. The third-order valence-corrected chi connectivity index (χ3v) is 8.16. The Bertz CT molecular complexity index is 1430. The first-order valence-corrected chi connectivity index (χ1v) is 13.6. The molecule has 1 unspecified atom stereocenters. The average molecular weight is 575 g/mol. The first kappa shape index (κ1) is 27.6. The molecule has 2 atom stereocenters. The van der Waals surface area contributed by atoms with Crippen LogP contribution in [0.2, 0.25) is 0 Å². The van der Waals surface area contributed by atoms with Gasteiger partial charge in [0.05, 0.1) is 48.5 Å². The largest absolute Gasteiger partial charge is 0.497 e. The Morgan fingerprint density at radius 2 is 1.93 bits per heavy atom.